The normalized spacial score (nSPS) is 12.7. The minimum absolute atomic E-state index is 0.00810. The summed E-state index contributed by atoms with van der Waals surface area (Å²) >= 11 is 0. The predicted molar refractivity (Wildman–Crippen MR) is 379 cm³/mol. The Kier molecular flexibility index (Phi) is 73.9. The van der Waals surface area contributed by atoms with Gasteiger partial charge in [-0.15, -0.1) is 0 Å². The standard InChI is InChI=1S/C80H153NO5/c1-3-5-7-9-11-13-15-16-17-18-19-37-40-43-46-49-53-56-60-64-68-72-78(83)77(76-82)81-79(84)73-69-65-61-57-54-50-47-44-41-38-35-33-31-29-27-25-23-21-20-22-24-26-28-30-32-34-36-39-42-45-48-51-55-59-63-67-71-75-86-80(85)74-70-66-62-58-52-14-12-10-8-6-4-2/h10,12,20,22,26,28,77-78,82-83H,3-9,11,13-19,21,23-25,27,29-76H2,1-2H3,(H,81,84)/b12-10-,22-20-,28-26-. The van der Waals surface area contributed by atoms with Crippen molar-refractivity contribution in [3.63, 3.8) is 0 Å². The molecule has 0 aliphatic carbocycles. The van der Waals surface area contributed by atoms with Crippen LogP contribution in [0.1, 0.15) is 438 Å². The Balaban J connectivity index is 3.37. The second-order valence-corrected chi connectivity index (χ2v) is 27.0. The number of carbonyl (C=O) groups is 2. The van der Waals surface area contributed by atoms with Gasteiger partial charge in [0.25, 0.3) is 0 Å². The smallest absolute Gasteiger partial charge is 0.305 e. The summed E-state index contributed by atoms with van der Waals surface area (Å²) in [5.41, 5.74) is 0. The zero-order valence-electron chi connectivity index (χ0n) is 58.3. The predicted octanol–water partition coefficient (Wildman–Crippen LogP) is 25.8. The molecule has 2 unspecified atom stereocenters. The lowest BCUT2D eigenvalue weighted by molar-refractivity contribution is -0.143. The zero-order valence-corrected chi connectivity index (χ0v) is 58.3. The lowest BCUT2D eigenvalue weighted by Gasteiger charge is -2.22. The van der Waals surface area contributed by atoms with Gasteiger partial charge in [-0.05, 0) is 77.0 Å². The van der Waals surface area contributed by atoms with Gasteiger partial charge in [-0.25, -0.2) is 0 Å². The maximum Gasteiger partial charge on any atom is 0.305 e. The van der Waals surface area contributed by atoms with Crippen LogP contribution in [0.4, 0.5) is 0 Å². The SMILES string of the molecule is CCCC/C=C\CCCCCCCC(=O)OCCCCCCCCCCCCCCC/C=C\C/C=C\CCCCCCCCCCCCCCCCCCCC(=O)NC(CO)C(O)CCCCCCCCCCCCCCCCCCCCCCC. The number of nitrogens with one attached hydrogen (secondary N) is 1. The first kappa shape index (κ1) is 84.1. The summed E-state index contributed by atoms with van der Waals surface area (Å²) in [7, 11) is 0. The summed E-state index contributed by atoms with van der Waals surface area (Å²) in [4.78, 5) is 24.6. The molecule has 0 aromatic rings. The van der Waals surface area contributed by atoms with E-state index in [1.165, 1.54) is 353 Å². The van der Waals surface area contributed by atoms with E-state index in [1.54, 1.807) is 0 Å². The van der Waals surface area contributed by atoms with Gasteiger partial charge in [0.2, 0.25) is 5.91 Å². The summed E-state index contributed by atoms with van der Waals surface area (Å²) < 4.78 is 5.47. The van der Waals surface area contributed by atoms with Crippen LogP contribution in [0.3, 0.4) is 0 Å². The molecule has 0 saturated heterocycles. The van der Waals surface area contributed by atoms with Gasteiger partial charge < -0.3 is 20.3 Å². The van der Waals surface area contributed by atoms with Crippen LogP contribution in [0, 0.1) is 0 Å². The average molecular weight is 1210 g/mol. The van der Waals surface area contributed by atoms with E-state index in [0.717, 1.165) is 51.4 Å². The third kappa shape index (κ3) is 71.2. The van der Waals surface area contributed by atoms with Crippen molar-refractivity contribution in [2.75, 3.05) is 13.2 Å². The number of amides is 1. The first-order chi connectivity index (χ1) is 42.5. The molecule has 0 radical (unpaired) electrons. The minimum atomic E-state index is -0.664. The highest BCUT2D eigenvalue weighted by molar-refractivity contribution is 5.76. The Hall–Kier alpha value is -1.92. The van der Waals surface area contributed by atoms with Crippen molar-refractivity contribution in [1.82, 2.24) is 5.32 Å². The number of esters is 1. The van der Waals surface area contributed by atoms with Crippen molar-refractivity contribution < 1.29 is 24.5 Å². The maximum atomic E-state index is 12.6. The highest BCUT2D eigenvalue weighted by atomic mass is 16.5. The highest BCUT2D eigenvalue weighted by Crippen LogP contribution is 2.20. The van der Waals surface area contributed by atoms with Gasteiger partial charge in [0.1, 0.15) is 0 Å². The molecule has 0 bridgehead atoms. The van der Waals surface area contributed by atoms with Crippen LogP contribution in [0.2, 0.25) is 0 Å². The fourth-order valence-electron chi connectivity index (χ4n) is 12.4. The molecule has 0 fully saturated rings. The summed E-state index contributed by atoms with van der Waals surface area (Å²) in [6, 6.07) is -0.540. The number of allylic oxidation sites excluding steroid dienone is 6. The molecule has 0 heterocycles. The topological polar surface area (TPSA) is 95.9 Å². The molecule has 2 atom stereocenters. The molecule has 0 aliphatic rings. The van der Waals surface area contributed by atoms with Crippen LogP contribution in [0.25, 0.3) is 0 Å². The van der Waals surface area contributed by atoms with Gasteiger partial charge in [0, 0.05) is 12.8 Å². The highest BCUT2D eigenvalue weighted by Gasteiger charge is 2.20. The molecule has 0 aromatic carbocycles. The van der Waals surface area contributed by atoms with Crippen LogP contribution in [0.5, 0.6) is 0 Å². The van der Waals surface area contributed by atoms with E-state index in [4.69, 9.17) is 4.74 Å². The van der Waals surface area contributed by atoms with Gasteiger partial charge in [-0.1, -0.05) is 384 Å². The van der Waals surface area contributed by atoms with E-state index in [2.05, 4.69) is 55.6 Å². The molecule has 6 heteroatoms. The van der Waals surface area contributed by atoms with Crippen molar-refractivity contribution in [2.45, 2.75) is 450 Å². The quantitative estimate of drug-likeness (QED) is 0.0320. The fourth-order valence-corrected chi connectivity index (χ4v) is 12.4. The van der Waals surface area contributed by atoms with E-state index >= 15 is 0 Å². The number of ether oxygens (including phenoxy) is 1. The third-order valence-corrected chi connectivity index (χ3v) is 18.4. The van der Waals surface area contributed by atoms with Gasteiger partial charge in [-0.3, -0.25) is 9.59 Å². The van der Waals surface area contributed by atoms with Crippen molar-refractivity contribution in [1.29, 1.82) is 0 Å². The van der Waals surface area contributed by atoms with Gasteiger partial charge in [0.15, 0.2) is 0 Å². The second-order valence-electron chi connectivity index (χ2n) is 27.0. The molecule has 0 aromatic heterocycles. The molecule has 86 heavy (non-hydrogen) atoms. The average Bonchev–Trinajstić information content (AvgIpc) is 3.61. The Bertz CT molecular complexity index is 1390. The molecular weight excluding hydrogens is 1050 g/mol. The van der Waals surface area contributed by atoms with Crippen molar-refractivity contribution >= 4 is 11.9 Å². The molecule has 0 spiro atoms. The summed E-state index contributed by atoms with van der Waals surface area (Å²) in [5, 5.41) is 23.5. The van der Waals surface area contributed by atoms with Crippen molar-refractivity contribution in [3.8, 4) is 0 Å². The molecular formula is C80H153NO5. The van der Waals surface area contributed by atoms with E-state index in [9.17, 15) is 19.8 Å². The third-order valence-electron chi connectivity index (χ3n) is 18.4. The molecule has 0 aliphatic heterocycles. The van der Waals surface area contributed by atoms with Crippen LogP contribution in [0.15, 0.2) is 36.5 Å². The van der Waals surface area contributed by atoms with Crippen LogP contribution in [-0.2, 0) is 14.3 Å². The number of carbonyl (C=O) groups excluding carboxylic acids is 2. The summed E-state index contributed by atoms with van der Waals surface area (Å²) in [5.74, 6) is -0.0192. The van der Waals surface area contributed by atoms with Crippen molar-refractivity contribution in [3.05, 3.63) is 36.5 Å². The van der Waals surface area contributed by atoms with Crippen LogP contribution < -0.4 is 5.32 Å². The zero-order chi connectivity index (χ0) is 62.0. The van der Waals surface area contributed by atoms with Gasteiger partial charge in [0.05, 0.1) is 25.4 Å². The second kappa shape index (κ2) is 75.5. The first-order valence-corrected chi connectivity index (χ1v) is 39.2. The number of hydrogen-bond acceptors (Lipinski definition) is 5. The number of aliphatic hydroxyl groups excluding tert-OH is 2. The Labute approximate surface area is 538 Å². The van der Waals surface area contributed by atoms with Crippen LogP contribution >= 0.6 is 0 Å². The summed E-state index contributed by atoms with van der Waals surface area (Å²) in [6.07, 6.45) is 98.1. The van der Waals surface area contributed by atoms with E-state index in [1.807, 2.05) is 0 Å². The van der Waals surface area contributed by atoms with Gasteiger partial charge >= 0.3 is 5.97 Å². The molecule has 0 rings (SSSR count). The Morgan fingerprint density at radius 1 is 0.326 bits per heavy atom. The van der Waals surface area contributed by atoms with Crippen molar-refractivity contribution in [2.24, 2.45) is 0 Å². The molecule has 0 saturated carbocycles. The Morgan fingerprint density at radius 2 is 0.593 bits per heavy atom. The molecule has 508 valence electrons. The fraction of sp³-hybridized carbons (Fsp3) is 0.900. The maximum absolute atomic E-state index is 12.6. The molecule has 6 nitrogen and oxygen atoms in total. The molecule has 1 amide bonds. The lowest BCUT2D eigenvalue weighted by Crippen LogP contribution is -2.45. The Morgan fingerprint density at radius 3 is 0.930 bits per heavy atom. The monoisotopic (exact) mass is 1210 g/mol. The van der Waals surface area contributed by atoms with E-state index in [0.29, 0.717) is 25.9 Å². The largest absolute Gasteiger partial charge is 0.466 e. The number of hydrogen-bond donors (Lipinski definition) is 3. The lowest BCUT2D eigenvalue weighted by atomic mass is 10.0. The number of rotatable bonds is 74. The number of aliphatic hydroxyl groups is 2. The van der Waals surface area contributed by atoms with E-state index in [-0.39, 0.29) is 18.5 Å². The molecule has 3 N–H and O–H groups in total. The number of unbranched alkanes of at least 4 members (excludes halogenated alkanes) is 57. The first-order valence-electron chi connectivity index (χ1n) is 39.2. The van der Waals surface area contributed by atoms with E-state index < -0.39 is 12.1 Å². The van der Waals surface area contributed by atoms with Gasteiger partial charge in [-0.2, -0.15) is 0 Å². The minimum Gasteiger partial charge on any atom is -0.466 e. The van der Waals surface area contributed by atoms with Crippen LogP contribution in [-0.4, -0.2) is 47.4 Å². The summed E-state index contributed by atoms with van der Waals surface area (Å²) in [6.45, 7) is 4.96.